The van der Waals surface area contributed by atoms with Crippen LogP contribution in [0.1, 0.15) is 40.1 Å². The second kappa shape index (κ2) is 15.0. The highest BCUT2D eigenvalue weighted by Crippen LogP contribution is 2.34. The number of rotatable bonds is 6. The van der Waals surface area contributed by atoms with Crippen molar-refractivity contribution < 1.29 is 0 Å². The van der Waals surface area contributed by atoms with Crippen molar-refractivity contribution in [2.45, 2.75) is 19.3 Å². The Hall–Kier alpha value is -8.22. The largest absolute Gasteiger partial charge is 0.217 e. The first-order valence-electron chi connectivity index (χ1n) is 21.3. The van der Waals surface area contributed by atoms with Gasteiger partial charge >= 0.3 is 0 Å². The molecule has 2 aromatic heterocycles. The molecular formula is C57H38N6. The molecule has 0 aliphatic heterocycles. The van der Waals surface area contributed by atoms with Crippen LogP contribution in [0, 0.1) is 6.92 Å². The molecule has 296 valence electrons. The average molecular weight is 807 g/mol. The molecule has 0 spiro atoms. The molecule has 11 aromatic rings. The number of benzene rings is 9. The van der Waals surface area contributed by atoms with Crippen LogP contribution in [-0.4, -0.2) is 29.9 Å². The summed E-state index contributed by atoms with van der Waals surface area (Å²) in [6, 6.07) is 60.3. The number of allylic oxidation sites excluding steroid dienone is 3. The van der Waals surface area contributed by atoms with Gasteiger partial charge in [-0.15, -0.1) is 0 Å². The molecule has 1 aliphatic rings. The standard InChI is InChI=1S/C57H38N6/c1-35-58-56(50-19-9-7-12-37-11-6-8-18-49(37)50)63-57(59-35)51-20-10-17-38-22-21-36(27-52(38)51)28-53-60-54(45-25-23-43-29-39-13-2-4-15-41(39)31-47(43)33-45)62-55(61-53)46-26-24-44-30-40-14-3-5-16-42(40)32-48(44)34-46/h2-27,29-34,50H,28H2,1H3. The molecule has 0 bridgehead atoms. The molecule has 1 aliphatic carbocycles. The fourth-order valence-electron chi connectivity index (χ4n) is 9.09. The van der Waals surface area contributed by atoms with Crippen LogP contribution < -0.4 is 0 Å². The van der Waals surface area contributed by atoms with Crippen molar-refractivity contribution in [1.82, 2.24) is 29.9 Å². The van der Waals surface area contributed by atoms with Crippen LogP contribution in [-0.2, 0) is 6.42 Å². The fourth-order valence-corrected chi connectivity index (χ4v) is 9.09. The second-order valence-electron chi connectivity index (χ2n) is 16.4. The summed E-state index contributed by atoms with van der Waals surface area (Å²) in [5.41, 5.74) is 6.25. The van der Waals surface area contributed by atoms with Crippen molar-refractivity contribution >= 4 is 59.9 Å². The van der Waals surface area contributed by atoms with Gasteiger partial charge in [0, 0.05) is 23.1 Å². The Morgan fingerprint density at radius 3 is 1.70 bits per heavy atom. The highest BCUT2D eigenvalue weighted by Gasteiger charge is 2.21. The fraction of sp³-hybridized carbons (Fsp3) is 0.0526. The van der Waals surface area contributed by atoms with Crippen molar-refractivity contribution in [2.75, 3.05) is 0 Å². The summed E-state index contributed by atoms with van der Waals surface area (Å²) in [7, 11) is 0. The van der Waals surface area contributed by atoms with Crippen LogP contribution in [0.2, 0.25) is 0 Å². The van der Waals surface area contributed by atoms with E-state index in [0.29, 0.717) is 35.5 Å². The minimum absolute atomic E-state index is 0.0988. The number of hydrogen-bond donors (Lipinski definition) is 0. The maximum Gasteiger partial charge on any atom is 0.163 e. The van der Waals surface area contributed by atoms with Crippen LogP contribution in [0.25, 0.3) is 94.1 Å². The summed E-state index contributed by atoms with van der Waals surface area (Å²) in [4.78, 5) is 30.5. The van der Waals surface area contributed by atoms with E-state index in [1.807, 2.05) is 6.92 Å². The van der Waals surface area contributed by atoms with Gasteiger partial charge in [0.05, 0.1) is 5.92 Å². The summed E-state index contributed by atoms with van der Waals surface area (Å²) < 4.78 is 0. The number of aromatic nitrogens is 6. The minimum atomic E-state index is -0.0988. The maximum atomic E-state index is 5.19. The van der Waals surface area contributed by atoms with Crippen molar-refractivity contribution in [3.63, 3.8) is 0 Å². The van der Waals surface area contributed by atoms with Gasteiger partial charge in [0.1, 0.15) is 17.5 Å². The van der Waals surface area contributed by atoms with Crippen LogP contribution in [0.3, 0.4) is 0 Å². The molecule has 0 N–H and O–H groups in total. The first-order chi connectivity index (χ1) is 31.0. The van der Waals surface area contributed by atoms with E-state index in [-0.39, 0.29) is 5.92 Å². The van der Waals surface area contributed by atoms with Gasteiger partial charge in [-0.25, -0.2) is 29.9 Å². The van der Waals surface area contributed by atoms with Gasteiger partial charge in [-0.2, -0.15) is 0 Å². The first kappa shape index (κ1) is 36.6. The molecule has 63 heavy (non-hydrogen) atoms. The average Bonchev–Trinajstić information content (AvgIpc) is 3.55. The molecule has 6 heteroatoms. The Kier molecular flexibility index (Phi) is 8.75. The molecule has 0 amide bonds. The lowest BCUT2D eigenvalue weighted by Crippen LogP contribution is -2.09. The normalized spacial score (nSPS) is 13.6. The summed E-state index contributed by atoms with van der Waals surface area (Å²) in [6.07, 6.45) is 8.96. The third-order valence-electron chi connectivity index (χ3n) is 12.2. The van der Waals surface area contributed by atoms with E-state index in [0.717, 1.165) is 55.2 Å². The van der Waals surface area contributed by atoms with Crippen LogP contribution >= 0.6 is 0 Å². The number of nitrogens with zero attached hydrogens (tertiary/aromatic N) is 6. The van der Waals surface area contributed by atoms with Gasteiger partial charge < -0.3 is 0 Å². The number of fused-ring (bicyclic) bond motifs is 6. The lowest BCUT2D eigenvalue weighted by atomic mass is 9.94. The molecule has 0 radical (unpaired) electrons. The molecule has 1 unspecified atom stereocenters. The Bertz CT molecular complexity index is 3560. The predicted molar refractivity (Wildman–Crippen MR) is 257 cm³/mol. The van der Waals surface area contributed by atoms with E-state index in [4.69, 9.17) is 29.9 Å². The van der Waals surface area contributed by atoms with Gasteiger partial charge in [0.2, 0.25) is 0 Å². The van der Waals surface area contributed by atoms with Crippen LogP contribution in [0.15, 0.2) is 188 Å². The molecule has 0 saturated carbocycles. The lowest BCUT2D eigenvalue weighted by Gasteiger charge is -2.16. The lowest BCUT2D eigenvalue weighted by molar-refractivity contribution is 0.832. The van der Waals surface area contributed by atoms with E-state index >= 15 is 0 Å². The van der Waals surface area contributed by atoms with Crippen molar-refractivity contribution in [2.24, 2.45) is 0 Å². The minimum Gasteiger partial charge on any atom is -0.217 e. The summed E-state index contributed by atoms with van der Waals surface area (Å²) >= 11 is 0. The zero-order valence-corrected chi connectivity index (χ0v) is 34.4. The SMILES string of the molecule is Cc1nc(-c2cccc3ccc(Cc4nc(-c5ccc6cc7ccccc7cc6c5)nc(-c5ccc6cc7ccccc7cc6c5)n4)cc23)nc(C2C=CC=Cc3ccccc32)n1. The van der Waals surface area contributed by atoms with Gasteiger partial charge in [0.15, 0.2) is 17.5 Å². The maximum absolute atomic E-state index is 5.19. The Morgan fingerprint density at radius 2 is 1.02 bits per heavy atom. The van der Waals surface area contributed by atoms with E-state index < -0.39 is 0 Å². The van der Waals surface area contributed by atoms with Gasteiger partial charge in [0.25, 0.3) is 0 Å². The summed E-state index contributed by atoms with van der Waals surface area (Å²) in [5, 5.41) is 11.6. The number of hydrogen-bond acceptors (Lipinski definition) is 6. The quantitative estimate of drug-likeness (QED) is 0.156. The third kappa shape index (κ3) is 6.88. The molecule has 9 aromatic carbocycles. The Labute approximate surface area is 364 Å². The van der Waals surface area contributed by atoms with Crippen molar-refractivity contribution in [1.29, 1.82) is 0 Å². The summed E-state index contributed by atoms with van der Waals surface area (Å²) in [6.45, 7) is 1.95. The first-order valence-corrected chi connectivity index (χ1v) is 21.3. The monoisotopic (exact) mass is 806 g/mol. The van der Waals surface area contributed by atoms with E-state index in [2.05, 4.69) is 194 Å². The Balaban J connectivity index is 0.963. The molecule has 6 nitrogen and oxygen atoms in total. The van der Waals surface area contributed by atoms with Gasteiger partial charge in [-0.1, -0.05) is 152 Å². The third-order valence-corrected chi connectivity index (χ3v) is 12.2. The topological polar surface area (TPSA) is 77.3 Å². The van der Waals surface area contributed by atoms with E-state index in [9.17, 15) is 0 Å². The highest BCUT2D eigenvalue weighted by molar-refractivity contribution is 6.01. The zero-order valence-electron chi connectivity index (χ0n) is 34.4. The van der Waals surface area contributed by atoms with Gasteiger partial charge in [-0.3, -0.25) is 0 Å². The Morgan fingerprint density at radius 1 is 0.429 bits per heavy atom. The molecule has 12 rings (SSSR count). The molecule has 0 fully saturated rings. The predicted octanol–water partition coefficient (Wildman–Crippen LogP) is 13.4. The molecule has 0 saturated heterocycles. The second-order valence-corrected chi connectivity index (χ2v) is 16.4. The van der Waals surface area contributed by atoms with E-state index in [1.165, 1.54) is 37.9 Å². The van der Waals surface area contributed by atoms with Crippen LogP contribution in [0.5, 0.6) is 0 Å². The highest BCUT2D eigenvalue weighted by atomic mass is 15.0. The van der Waals surface area contributed by atoms with Crippen molar-refractivity contribution in [3.8, 4) is 34.2 Å². The van der Waals surface area contributed by atoms with Crippen molar-refractivity contribution in [3.05, 3.63) is 222 Å². The molecule has 1 atom stereocenters. The smallest absolute Gasteiger partial charge is 0.163 e. The van der Waals surface area contributed by atoms with E-state index in [1.54, 1.807) is 0 Å². The van der Waals surface area contributed by atoms with Gasteiger partial charge in [-0.05, 0) is 120 Å². The summed E-state index contributed by atoms with van der Waals surface area (Å²) in [5.74, 6) is 3.94. The van der Waals surface area contributed by atoms with Crippen LogP contribution in [0.4, 0.5) is 0 Å². The molecular weight excluding hydrogens is 769 g/mol. The molecule has 2 heterocycles. The number of aryl methyl sites for hydroxylation is 1. The zero-order chi connectivity index (χ0) is 41.9.